The van der Waals surface area contributed by atoms with Crippen molar-refractivity contribution in [3.8, 4) is 0 Å². The van der Waals surface area contributed by atoms with E-state index in [1.165, 1.54) is 32.1 Å². The van der Waals surface area contributed by atoms with Crippen molar-refractivity contribution in [1.82, 2.24) is 0 Å². The number of hydrogen-bond donors (Lipinski definition) is 1. The minimum Gasteiger partial charge on any atom is -0.325 e. The van der Waals surface area contributed by atoms with Crippen molar-refractivity contribution in [3.63, 3.8) is 0 Å². The molecular weight excluding hydrogens is 122 g/mol. The molecule has 1 atom stereocenters. The summed E-state index contributed by atoms with van der Waals surface area (Å²) in [5.41, 5.74) is 6.28. The first kappa shape index (κ1) is 8.06. The summed E-state index contributed by atoms with van der Waals surface area (Å²) in [4.78, 5) is 0. The maximum atomic E-state index is 6.13. The highest BCUT2D eigenvalue weighted by molar-refractivity contribution is 4.90. The van der Waals surface area contributed by atoms with E-state index in [1.807, 2.05) is 0 Å². The molecule has 1 saturated carbocycles. The maximum Gasteiger partial charge on any atom is 0.0154 e. The van der Waals surface area contributed by atoms with Crippen LogP contribution in [0.3, 0.4) is 0 Å². The third kappa shape index (κ3) is 1.51. The van der Waals surface area contributed by atoms with Gasteiger partial charge in [0.05, 0.1) is 0 Å². The first-order valence-corrected chi connectivity index (χ1v) is 4.45. The van der Waals surface area contributed by atoms with Gasteiger partial charge in [-0.05, 0) is 32.1 Å². The first-order valence-electron chi connectivity index (χ1n) is 4.45. The van der Waals surface area contributed by atoms with Crippen LogP contribution in [0, 0.1) is 5.92 Å². The van der Waals surface area contributed by atoms with Crippen LogP contribution in [0.25, 0.3) is 0 Å². The molecule has 1 fully saturated rings. The maximum absolute atomic E-state index is 6.13. The summed E-state index contributed by atoms with van der Waals surface area (Å²) in [6.07, 6.45) is 6.56. The Morgan fingerprint density at radius 2 is 2.10 bits per heavy atom. The molecule has 1 heteroatoms. The van der Waals surface area contributed by atoms with Crippen molar-refractivity contribution in [2.24, 2.45) is 11.7 Å². The van der Waals surface area contributed by atoms with Crippen LogP contribution in [0.2, 0.25) is 0 Å². The average molecular weight is 141 g/mol. The van der Waals surface area contributed by atoms with Gasteiger partial charge < -0.3 is 5.73 Å². The lowest BCUT2D eigenvalue weighted by atomic mass is 9.70. The standard InChI is InChI=1S/C9H19N/c1-3-7-9(2,10)8-5-4-6-8/h8H,3-7,10H2,1-2H3. The van der Waals surface area contributed by atoms with Gasteiger partial charge in [-0.3, -0.25) is 0 Å². The Balaban J connectivity index is 2.33. The summed E-state index contributed by atoms with van der Waals surface area (Å²) in [6.45, 7) is 4.42. The van der Waals surface area contributed by atoms with Crippen molar-refractivity contribution >= 4 is 0 Å². The molecule has 0 aromatic rings. The SMILES string of the molecule is CCCC(C)(N)C1CCC1. The molecule has 0 heterocycles. The fraction of sp³-hybridized carbons (Fsp3) is 1.00. The van der Waals surface area contributed by atoms with Crippen LogP contribution in [0.5, 0.6) is 0 Å². The van der Waals surface area contributed by atoms with Gasteiger partial charge in [0.1, 0.15) is 0 Å². The van der Waals surface area contributed by atoms with E-state index in [2.05, 4.69) is 13.8 Å². The molecule has 1 rings (SSSR count). The Morgan fingerprint density at radius 1 is 1.50 bits per heavy atom. The lowest BCUT2D eigenvalue weighted by Gasteiger charge is -2.40. The molecule has 0 bridgehead atoms. The average Bonchev–Trinajstić information content (AvgIpc) is 1.56. The Hall–Kier alpha value is -0.0400. The highest BCUT2D eigenvalue weighted by atomic mass is 14.7. The monoisotopic (exact) mass is 141 g/mol. The number of rotatable bonds is 3. The second kappa shape index (κ2) is 2.91. The molecule has 10 heavy (non-hydrogen) atoms. The minimum atomic E-state index is 0.146. The number of hydrogen-bond acceptors (Lipinski definition) is 1. The Kier molecular flexibility index (Phi) is 2.35. The highest BCUT2D eigenvalue weighted by Crippen LogP contribution is 2.36. The lowest BCUT2D eigenvalue weighted by molar-refractivity contribution is 0.171. The van der Waals surface area contributed by atoms with Gasteiger partial charge in [0.2, 0.25) is 0 Å². The first-order chi connectivity index (χ1) is 4.67. The molecule has 0 aromatic heterocycles. The molecule has 0 radical (unpaired) electrons. The second-order valence-corrected chi connectivity index (χ2v) is 3.88. The van der Waals surface area contributed by atoms with Gasteiger partial charge in [0.15, 0.2) is 0 Å². The summed E-state index contributed by atoms with van der Waals surface area (Å²) in [6, 6.07) is 0. The zero-order valence-electron chi connectivity index (χ0n) is 7.19. The summed E-state index contributed by atoms with van der Waals surface area (Å²) in [5, 5.41) is 0. The fourth-order valence-electron chi connectivity index (χ4n) is 1.81. The quantitative estimate of drug-likeness (QED) is 0.641. The van der Waals surface area contributed by atoms with E-state index in [1.54, 1.807) is 0 Å². The Labute approximate surface area is 64.0 Å². The largest absolute Gasteiger partial charge is 0.325 e. The molecule has 0 aliphatic heterocycles. The molecule has 1 unspecified atom stereocenters. The topological polar surface area (TPSA) is 26.0 Å². The van der Waals surface area contributed by atoms with E-state index in [0.29, 0.717) is 0 Å². The number of nitrogens with two attached hydrogens (primary N) is 1. The van der Waals surface area contributed by atoms with E-state index in [0.717, 1.165) is 5.92 Å². The van der Waals surface area contributed by atoms with Crippen molar-refractivity contribution in [1.29, 1.82) is 0 Å². The van der Waals surface area contributed by atoms with Crippen LogP contribution in [0.4, 0.5) is 0 Å². The van der Waals surface area contributed by atoms with Crippen LogP contribution < -0.4 is 5.73 Å². The van der Waals surface area contributed by atoms with Crippen LogP contribution in [0.1, 0.15) is 46.0 Å². The molecule has 0 spiro atoms. The van der Waals surface area contributed by atoms with E-state index in [-0.39, 0.29) is 5.54 Å². The van der Waals surface area contributed by atoms with Crippen molar-refractivity contribution < 1.29 is 0 Å². The molecule has 0 amide bonds. The van der Waals surface area contributed by atoms with Gasteiger partial charge in [0.25, 0.3) is 0 Å². The molecule has 2 N–H and O–H groups in total. The van der Waals surface area contributed by atoms with E-state index >= 15 is 0 Å². The van der Waals surface area contributed by atoms with Crippen LogP contribution in [-0.4, -0.2) is 5.54 Å². The van der Waals surface area contributed by atoms with Gasteiger partial charge in [-0.2, -0.15) is 0 Å². The summed E-state index contributed by atoms with van der Waals surface area (Å²) in [5.74, 6) is 0.826. The summed E-state index contributed by atoms with van der Waals surface area (Å²) in [7, 11) is 0. The predicted octanol–water partition coefficient (Wildman–Crippen LogP) is 2.30. The van der Waals surface area contributed by atoms with Crippen LogP contribution >= 0.6 is 0 Å². The van der Waals surface area contributed by atoms with Gasteiger partial charge in [-0.15, -0.1) is 0 Å². The highest BCUT2D eigenvalue weighted by Gasteiger charge is 2.33. The smallest absolute Gasteiger partial charge is 0.0154 e. The van der Waals surface area contributed by atoms with Crippen molar-refractivity contribution in [3.05, 3.63) is 0 Å². The van der Waals surface area contributed by atoms with Gasteiger partial charge in [-0.1, -0.05) is 19.8 Å². The Bertz CT molecular complexity index is 103. The normalized spacial score (nSPS) is 25.5. The third-order valence-electron chi connectivity index (χ3n) is 2.83. The van der Waals surface area contributed by atoms with E-state index in [4.69, 9.17) is 5.73 Å². The third-order valence-corrected chi connectivity index (χ3v) is 2.83. The van der Waals surface area contributed by atoms with Crippen LogP contribution in [-0.2, 0) is 0 Å². The molecular formula is C9H19N. The van der Waals surface area contributed by atoms with Gasteiger partial charge in [0, 0.05) is 5.54 Å². The fourth-order valence-corrected chi connectivity index (χ4v) is 1.81. The van der Waals surface area contributed by atoms with Crippen molar-refractivity contribution in [2.45, 2.75) is 51.5 Å². The molecule has 1 nitrogen and oxygen atoms in total. The second-order valence-electron chi connectivity index (χ2n) is 3.88. The molecule has 60 valence electrons. The summed E-state index contributed by atoms with van der Waals surface area (Å²) < 4.78 is 0. The van der Waals surface area contributed by atoms with E-state index < -0.39 is 0 Å². The minimum absolute atomic E-state index is 0.146. The molecule has 0 saturated heterocycles. The molecule has 1 aliphatic rings. The lowest BCUT2D eigenvalue weighted by Crippen LogP contribution is -2.46. The van der Waals surface area contributed by atoms with Gasteiger partial charge >= 0.3 is 0 Å². The Morgan fingerprint density at radius 3 is 2.40 bits per heavy atom. The van der Waals surface area contributed by atoms with Crippen molar-refractivity contribution in [2.75, 3.05) is 0 Å². The molecule has 1 aliphatic carbocycles. The predicted molar refractivity (Wildman–Crippen MR) is 44.8 cm³/mol. The van der Waals surface area contributed by atoms with E-state index in [9.17, 15) is 0 Å². The van der Waals surface area contributed by atoms with Gasteiger partial charge in [-0.25, -0.2) is 0 Å². The van der Waals surface area contributed by atoms with Crippen LogP contribution in [0.15, 0.2) is 0 Å². The zero-order chi connectivity index (χ0) is 7.61. The zero-order valence-corrected chi connectivity index (χ0v) is 7.19. The summed E-state index contributed by atoms with van der Waals surface area (Å²) >= 11 is 0. The molecule has 0 aromatic carbocycles.